The van der Waals surface area contributed by atoms with E-state index in [4.69, 9.17) is 9.47 Å². The van der Waals surface area contributed by atoms with Crippen LogP contribution < -0.4 is 5.32 Å². The number of amides is 1. The maximum absolute atomic E-state index is 13.6. The Morgan fingerprint density at radius 2 is 1.96 bits per heavy atom. The smallest absolute Gasteiger partial charge is 0.407 e. The zero-order valence-corrected chi connectivity index (χ0v) is 16.5. The predicted octanol–water partition coefficient (Wildman–Crippen LogP) is 4.43. The minimum Gasteiger partial charge on any atom is -0.461 e. The predicted molar refractivity (Wildman–Crippen MR) is 101 cm³/mol. The molecule has 0 saturated heterocycles. The Balaban J connectivity index is 2.18. The standard InChI is InChI=1S/C20H27FN2O4/c1-6-26-18(24)17-12-14-11-15(21)7-8-16(14)23(17)13(2)9-10-22-19(25)27-20(3,4)5/h7-8,11-13H,6,9-10H2,1-5H3,(H,22,25). The normalized spacial score (nSPS) is 12.7. The lowest BCUT2D eigenvalue weighted by molar-refractivity contribution is 0.0500. The van der Waals surface area contributed by atoms with Gasteiger partial charge in [-0.3, -0.25) is 0 Å². The van der Waals surface area contributed by atoms with Crippen LogP contribution in [0.15, 0.2) is 24.3 Å². The maximum atomic E-state index is 13.6. The van der Waals surface area contributed by atoms with Crippen LogP contribution >= 0.6 is 0 Å². The van der Waals surface area contributed by atoms with Gasteiger partial charge in [-0.25, -0.2) is 14.0 Å². The van der Waals surface area contributed by atoms with Gasteiger partial charge in [-0.15, -0.1) is 0 Å². The van der Waals surface area contributed by atoms with Gasteiger partial charge >= 0.3 is 12.1 Å². The minimum absolute atomic E-state index is 0.123. The fraction of sp³-hybridized carbons (Fsp3) is 0.500. The summed E-state index contributed by atoms with van der Waals surface area (Å²) >= 11 is 0. The molecule has 0 radical (unpaired) electrons. The highest BCUT2D eigenvalue weighted by molar-refractivity contribution is 5.95. The maximum Gasteiger partial charge on any atom is 0.407 e. The van der Waals surface area contributed by atoms with Gasteiger partial charge in [-0.05, 0) is 65.3 Å². The van der Waals surface area contributed by atoms with Crippen LogP contribution in [0.1, 0.15) is 57.6 Å². The molecule has 2 aromatic rings. The number of esters is 1. The largest absolute Gasteiger partial charge is 0.461 e. The van der Waals surface area contributed by atoms with Crippen LogP contribution in [0.5, 0.6) is 0 Å². The molecule has 27 heavy (non-hydrogen) atoms. The molecule has 7 heteroatoms. The van der Waals surface area contributed by atoms with Gasteiger partial charge in [0.15, 0.2) is 0 Å². The molecule has 1 atom stereocenters. The Hall–Kier alpha value is -2.57. The third-order valence-corrected chi connectivity index (χ3v) is 3.96. The molecule has 1 heterocycles. The summed E-state index contributed by atoms with van der Waals surface area (Å²) in [5, 5.41) is 3.34. The molecule has 0 aliphatic rings. The number of benzene rings is 1. The third kappa shape index (κ3) is 5.45. The Labute approximate surface area is 158 Å². The zero-order chi connectivity index (χ0) is 20.2. The number of ether oxygens (including phenoxy) is 2. The number of carbonyl (C=O) groups is 2. The SMILES string of the molecule is CCOC(=O)c1cc2cc(F)ccc2n1C(C)CCNC(=O)OC(C)(C)C. The van der Waals surface area contributed by atoms with Crippen molar-refractivity contribution in [2.24, 2.45) is 0 Å². The summed E-state index contributed by atoms with van der Waals surface area (Å²) in [6.45, 7) is 9.69. The van der Waals surface area contributed by atoms with E-state index in [1.165, 1.54) is 12.1 Å². The Kier molecular flexibility index (Phi) is 6.46. The second-order valence-electron chi connectivity index (χ2n) is 7.39. The van der Waals surface area contributed by atoms with E-state index in [-0.39, 0.29) is 18.5 Å². The van der Waals surface area contributed by atoms with Gasteiger partial charge < -0.3 is 19.4 Å². The average Bonchev–Trinajstić information content (AvgIpc) is 2.91. The summed E-state index contributed by atoms with van der Waals surface area (Å²) in [5.74, 6) is -0.824. The number of fused-ring (bicyclic) bond motifs is 1. The summed E-state index contributed by atoms with van der Waals surface area (Å²) in [6, 6.07) is 5.90. The molecule has 0 aliphatic heterocycles. The van der Waals surface area contributed by atoms with Crippen LogP contribution in [-0.4, -0.2) is 35.4 Å². The molecule has 1 aromatic heterocycles. The van der Waals surface area contributed by atoms with Crippen LogP contribution in [0.25, 0.3) is 10.9 Å². The van der Waals surface area contributed by atoms with Gasteiger partial charge in [-0.1, -0.05) is 0 Å². The van der Waals surface area contributed by atoms with Crippen molar-refractivity contribution in [2.75, 3.05) is 13.2 Å². The molecule has 0 saturated carbocycles. The number of rotatable bonds is 6. The molecule has 1 amide bonds. The van der Waals surface area contributed by atoms with Gasteiger partial charge in [0.2, 0.25) is 0 Å². The van der Waals surface area contributed by atoms with Gasteiger partial charge in [0.1, 0.15) is 17.1 Å². The number of hydrogen-bond acceptors (Lipinski definition) is 4. The molecule has 1 N–H and O–H groups in total. The van der Waals surface area contributed by atoms with E-state index in [0.29, 0.717) is 24.0 Å². The molecular weight excluding hydrogens is 351 g/mol. The highest BCUT2D eigenvalue weighted by Gasteiger charge is 2.21. The number of alkyl carbamates (subject to hydrolysis) is 1. The van der Waals surface area contributed by atoms with E-state index in [0.717, 1.165) is 5.52 Å². The Morgan fingerprint density at radius 3 is 2.59 bits per heavy atom. The molecule has 2 rings (SSSR count). The summed E-state index contributed by atoms with van der Waals surface area (Å²) < 4.78 is 25.7. The fourth-order valence-electron chi connectivity index (χ4n) is 2.87. The molecule has 0 spiro atoms. The van der Waals surface area contributed by atoms with Crippen molar-refractivity contribution in [1.29, 1.82) is 0 Å². The van der Waals surface area contributed by atoms with Crippen molar-refractivity contribution in [3.63, 3.8) is 0 Å². The first-order valence-corrected chi connectivity index (χ1v) is 9.07. The molecule has 148 valence electrons. The topological polar surface area (TPSA) is 69.6 Å². The van der Waals surface area contributed by atoms with E-state index in [9.17, 15) is 14.0 Å². The van der Waals surface area contributed by atoms with Gasteiger partial charge in [-0.2, -0.15) is 0 Å². The van der Waals surface area contributed by atoms with Crippen molar-refractivity contribution in [3.05, 3.63) is 35.8 Å². The van der Waals surface area contributed by atoms with E-state index in [1.54, 1.807) is 39.8 Å². The first-order chi connectivity index (χ1) is 12.6. The van der Waals surface area contributed by atoms with Crippen LogP contribution in [0.2, 0.25) is 0 Å². The number of nitrogens with zero attached hydrogens (tertiary/aromatic N) is 1. The Bertz CT molecular complexity index is 823. The van der Waals surface area contributed by atoms with Crippen LogP contribution in [0.4, 0.5) is 9.18 Å². The zero-order valence-electron chi connectivity index (χ0n) is 16.5. The number of carbonyl (C=O) groups excluding carboxylic acids is 2. The van der Waals surface area contributed by atoms with Crippen molar-refractivity contribution >= 4 is 23.0 Å². The molecule has 6 nitrogen and oxygen atoms in total. The number of nitrogens with one attached hydrogen (secondary N) is 1. The van der Waals surface area contributed by atoms with Crippen molar-refractivity contribution in [2.45, 2.75) is 52.7 Å². The number of hydrogen-bond donors (Lipinski definition) is 1. The number of aromatic nitrogens is 1. The molecule has 0 fully saturated rings. The monoisotopic (exact) mass is 378 g/mol. The summed E-state index contributed by atoms with van der Waals surface area (Å²) in [6.07, 6.45) is 0.0760. The van der Waals surface area contributed by atoms with E-state index in [2.05, 4.69) is 5.32 Å². The van der Waals surface area contributed by atoms with Crippen LogP contribution in [-0.2, 0) is 9.47 Å². The van der Waals surface area contributed by atoms with Gasteiger partial charge in [0.25, 0.3) is 0 Å². The summed E-state index contributed by atoms with van der Waals surface area (Å²) in [4.78, 5) is 24.1. The molecular formula is C20H27FN2O4. The van der Waals surface area contributed by atoms with Crippen LogP contribution in [0, 0.1) is 5.82 Å². The lowest BCUT2D eigenvalue weighted by atomic mass is 10.2. The quantitative estimate of drug-likeness (QED) is 0.755. The molecule has 1 aromatic carbocycles. The van der Waals surface area contributed by atoms with Crippen molar-refractivity contribution in [1.82, 2.24) is 9.88 Å². The first kappa shape index (κ1) is 20.7. The summed E-state index contributed by atoms with van der Waals surface area (Å²) in [7, 11) is 0. The van der Waals surface area contributed by atoms with Gasteiger partial charge in [0.05, 0.1) is 6.61 Å². The minimum atomic E-state index is -0.562. The highest BCUT2D eigenvalue weighted by Crippen LogP contribution is 2.27. The van der Waals surface area contributed by atoms with E-state index < -0.39 is 17.7 Å². The fourth-order valence-corrected chi connectivity index (χ4v) is 2.87. The van der Waals surface area contributed by atoms with E-state index in [1.807, 2.05) is 11.5 Å². The Morgan fingerprint density at radius 1 is 1.26 bits per heavy atom. The average molecular weight is 378 g/mol. The molecule has 1 unspecified atom stereocenters. The second kappa shape index (κ2) is 8.41. The lowest BCUT2D eigenvalue weighted by Gasteiger charge is -2.21. The van der Waals surface area contributed by atoms with E-state index >= 15 is 0 Å². The molecule has 0 bridgehead atoms. The second-order valence-corrected chi connectivity index (χ2v) is 7.39. The molecule has 0 aliphatic carbocycles. The lowest BCUT2D eigenvalue weighted by Crippen LogP contribution is -2.33. The van der Waals surface area contributed by atoms with Crippen molar-refractivity contribution < 1.29 is 23.5 Å². The number of halogens is 1. The van der Waals surface area contributed by atoms with Crippen molar-refractivity contribution in [3.8, 4) is 0 Å². The summed E-state index contributed by atoms with van der Waals surface area (Å²) in [5.41, 5.74) is 0.541. The third-order valence-electron chi connectivity index (χ3n) is 3.96. The van der Waals surface area contributed by atoms with Gasteiger partial charge in [0, 0.05) is 23.5 Å². The van der Waals surface area contributed by atoms with Crippen LogP contribution in [0.3, 0.4) is 0 Å². The first-order valence-electron chi connectivity index (χ1n) is 9.07. The highest BCUT2D eigenvalue weighted by atomic mass is 19.1.